The maximum atomic E-state index is 12.0. The minimum atomic E-state index is 0.0215. The van der Waals surface area contributed by atoms with Crippen molar-refractivity contribution < 1.29 is 4.79 Å². The Labute approximate surface area is 135 Å². The molecule has 4 atom stereocenters. The fraction of sp³-hybridized carbons (Fsp3) is 0.500. The Balaban J connectivity index is 1.53. The molecule has 2 aliphatic carbocycles. The SMILES string of the molecule is CC(NC(=O)C=Cc1ccc(Br)cc1)C1CC2CCC1C2. The summed E-state index contributed by atoms with van der Waals surface area (Å²) in [6, 6.07) is 8.24. The van der Waals surface area contributed by atoms with E-state index in [0.717, 1.165) is 21.9 Å². The van der Waals surface area contributed by atoms with Gasteiger partial charge in [-0.2, -0.15) is 0 Å². The normalized spacial score (nSPS) is 29.0. The van der Waals surface area contributed by atoms with Gasteiger partial charge in [-0.15, -0.1) is 0 Å². The van der Waals surface area contributed by atoms with Crippen LogP contribution in [0.25, 0.3) is 6.08 Å². The highest BCUT2D eigenvalue weighted by Gasteiger charge is 2.41. The van der Waals surface area contributed by atoms with Crippen LogP contribution in [-0.2, 0) is 4.79 Å². The van der Waals surface area contributed by atoms with Gasteiger partial charge in [0.1, 0.15) is 0 Å². The molecule has 21 heavy (non-hydrogen) atoms. The van der Waals surface area contributed by atoms with E-state index in [-0.39, 0.29) is 5.91 Å². The van der Waals surface area contributed by atoms with Crippen molar-refractivity contribution >= 4 is 27.9 Å². The first kappa shape index (κ1) is 14.8. The van der Waals surface area contributed by atoms with Crippen LogP contribution in [0.5, 0.6) is 0 Å². The molecule has 1 aromatic rings. The lowest BCUT2D eigenvalue weighted by Gasteiger charge is -2.28. The molecule has 0 saturated heterocycles. The fourth-order valence-corrected chi connectivity index (χ4v) is 4.30. The number of hydrogen-bond donors (Lipinski definition) is 1. The van der Waals surface area contributed by atoms with Gasteiger partial charge < -0.3 is 5.32 Å². The summed E-state index contributed by atoms with van der Waals surface area (Å²) in [5.41, 5.74) is 1.04. The van der Waals surface area contributed by atoms with Crippen LogP contribution >= 0.6 is 15.9 Å². The quantitative estimate of drug-likeness (QED) is 0.803. The predicted octanol–water partition coefficient (Wildman–Crippen LogP) is 4.40. The molecule has 2 nitrogen and oxygen atoms in total. The number of rotatable bonds is 4. The zero-order chi connectivity index (χ0) is 14.8. The Morgan fingerprint density at radius 3 is 2.67 bits per heavy atom. The number of halogens is 1. The summed E-state index contributed by atoms with van der Waals surface area (Å²) in [5.74, 6) is 2.49. The summed E-state index contributed by atoms with van der Waals surface area (Å²) in [6.45, 7) is 2.16. The molecular weight excluding hydrogens is 326 g/mol. The standard InChI is InChI=1S/C18H22BrNO/c1-12(17-11-14-2-6-15(17)10-14)20-18(21)9-5-13-3-7-16(19)8-4-13/h3-5,7-9,12,14-15,17H,2,6,10-11H2,1H3,(H,20,21). The van der Waals surface area contributed by atoms with Crippen LogP contribution in [0.15, 0.2) is 34.8 Å². The van der Waals surface area contributed by atoms with Gasteiger partial charge in [-0.05, 0) is 67.7 Å². The van der Waals surface area contributed by atoms with Crippen LogP contribution in [0.2, 0.25) is 0 Å². The van der Waals surface area contributed by atoms with E-state index < -0.39 is 0 Å². The van der Waals surface area contributed by atoms with Crippen LogP contribution in [0.3, 0.4) is 0 Å². The molecule has 1 N–H and O–H groups in total. The molecule has 3 rings (SSSR count). The van der Waals surface area contributed by atoms with Crippen molar-refractivity contribution in [1.29, 1.82) is 0 Å². The molecule has 2 saturated carbocycles. The maximum Gasteiger partial charge on any atom is 0.244 e. The Morgan fingerprint density at radius 2 is 2.05 bits per heavy atom. The monoisotopic (exact) mass is 347 g/mol. The van der Waals surface area contributed by atoms with Gasteiger partial charge in [-0.25, -0.2) is 0 Å². The zero-order valence-corrected chi connectivity index (χ0v) is 14.0. The van der Waals surface area contributed by atoms with E-state index in [4.69, 9.17) is 0 Å². The molecule has 3 heteroatoms. The fourth-order valence-electron chi connectivity index (χ4n) is 4.03. The van der Waals surface area contributed by atoms with Gasteiger partial charge in [-0.1, -0.05) is 34.5 Å². The van der Waals surface area contributed by atoms with Crippen molar-refractivity contribution in [3.63, 3.8) is 0 Å². The minimum Gasteiger partial charge on any atom is -0.350 e. The Kier molecular flexibility index (Phi) is 4.48. The summed E-state index contributed by atoms with van der Waals surface area (Å²) in [4.78, 5) is 12.0. The van der Waals surface area contributed by atoms with Crippen molar-refractivity contribution in [2.24, 2.45) is 17.8 Å². The van der Waals surface area contributed by atoms with Crippen LogP contribution in [0, 0.1) is 17.8 Å². The number of amides is 1. The van der Waals surface area contributed by atoms with Crippen molar-refractivity contribution in [3.8, 4) is 0 Å². The molecule has 112 valence electrons. The number of carbonyl (C=O) groups is 1. The molecule has 2 bridgehead atoms. The molecule has 1 aromatic carbocycles. The molecule has 4 unspecified atom stereocenters. The highest BCUT2D eigenvalue weighted by Crippen LogP contribution is 2.49. The van der Waals surface area contributed by atoms with E-state index in [1.165, 1.54) is 25.7 Å². The topological polar surface area (TPSA) is 29.1 Å². The van der Waals surface area contributed by atoms with Crippen molar-refractivity contribution in [2.45, 2.75) is 38.6 Å². The Bertz CT molecular complexity index is 537. The largest absolute Gasteiger partial charge is 0.350 e. The zero-order valence-electron chi connectivity index (χ0n) is 12.4. The molecular formula is C18H22BrNO. The van der Waals surface area contributed by atoms with Gasteiger partial charge in [0.2, 0.25) is 5.91 Å². The van der Waals surface area contributed by atoms with Gasteiger partial charge in [0.05, 0.1) is 0 Å². The smallest absolute Gasteiger partial charge is 0.244 e. The Hall–Kier alpha value is -1.09. The van der Waals surface area contributed by atoms with Crippen LogP contribution in [0.4, 0.5) is 0 Å². The maximum absolute atomic E-state index is 12.0. The average molecular weight is 348 g/mol. The summed E-state index contributed by atoms with van der Waals surface area (Å²) >= 11 is 3.41. The first-order valence-electron chi connectivity index (χ1n) is 7.86. The van der Waals surface area contributed by atoms with Gasteiger partial charge in [0.15, 0.2) is 0 Å². The number of hydrogen-bond acceptors (Lipinski definition) is 1. The van der Waals surface area contributed by atoms with Gasteiger partial charge >= 0.3 is 0 Å². The summed E-state index contributed by atoms with van der Waals surface area (Å²) in [7, 11) is 0. The lowest BCUT2D eigenvalue weighted by atomic mass is 9.84. The second-order valence-corrected chi connectivity index (χ2v) is 7.44. The van der Waals surface area contributed by atoms with Gasteiger partial charge in [0.25, 0.3) is 0 Å². The van der Waals surface area contributed by atoms with Crippen LogP contribution in [-0.4, -0.2) is 11.9 Å². The molecule has 1 amide bonds. The molecule has 0 aromatic heterocycles. The lowest BCUT2D eigenvalue weighted by molar-refractivity contribution is -0.117. The number of nitrogens with one attached hydrogen (secondary N) is 1. The highest BCUT2D eigenvalue weighted by molar-refractivity contribution is 9.10. The Morgan fingerprint density at radius 1 is 1.29 bits per heavy atom. The van der Waals surface area contributed by atoms with E-state index in [2.05, 4.69) is 28.2 Å². The van der Waals surface area contributed by atoms with E-state index in [1.807, 2.05) is 30.3 Å². The summed E-state index contributed by atoms with van der Waals surface area (Å²) in [5, 5.41) is 3.15. The van der Waals surface area contributed by atoms with Crippen molar-refractivity contribution in [3.05, 3.63) is 40.4 Å². The first-order chi connectivity index (χ1) is 10.1. The summed E-state index contributed by atoms with van der Waals surface area (Å²) < 4.78 is 1.05. The van der Waals surface area contributed by atoms with E-state index in [0.29, 0.717) is 12.0 Å². The third-order valence-corrected chi connectivity index (χ3v) is 5.63. The number of carbonyl (C=O) groups excluding carboxylic acids is 1. The number of benzene rings is 1. The molecule has 0 radical (unpaired) electrons. The third-order valence-electron chi connectivity index (χ3n) is 5.10. The highest BCUT2D eigenvalue weighted by atomic mass is 79.9. The second kappa shape index (κ2) is 6.35. The molecule has 2 fully saturated rings. The second-order valence-electron chi connectivity index (χ2n) is 6.52. The summed E-state index contributed by atoms with van der Waals surface area (Å²) in [6.07, 6.45) is 8.99. The minimum absolute atomic E-state index is 0.0215. The van der Waals surface area contributed by atoms with Crippen LogP contribution < -0.4 is 5.32 Å². The first-order valence-corrected chi connectivity index (χ1v) is 8.65. The van der Waals surface area contributed by atoms with E-state index in [1.54, 1.807) is 6.08 Å². The molecule has 0 aliphatic heterocycles. The van der Waals surface area contributed by atoms with Crippen LogP contribution in [0.1, 0.15) is 38.2 Å². The van der Waals surface area contributed by atoms with Crippen molar-refractivity contribution in [1.82, 2.24) is 5.32 Å². The van der Waals surface area contributed by atoms with Crippen molar-refractivity contribution in [2.75, 3.05) is 0 Å². The molecule has 0 heterocycles. The predicted molar refractivity (Wildman–Crippen MR) is 89.7 cm³/mol. The molecule has 0 spiro atoms. The van der Waals surface area contributed by atoms with E-state index >= 15 is 0 Å². The van der Waals surface area contributed by atoms with Gasteiger partial charge in [0, 0.05) is 16.6 Å². The van der Waals surface area contributed by atoms with Gasteiger partial charge in [-0.3, -0.25) is 4.79 Å². The average Bonchev–Trinajstić information content (AvgIpc) is 3.09. The number of fused-ring (bicyclic) bond motifs is 2. The third kappa shape index (κ3) is 3.57. The molecule has 2 aliphatic rings. The lowest BCUT2D eigenvalue weighted by Crippen LogP contribution is -2.39. The van der Waals surface area contributed by atoms with E-state index in [9.17, 15) is 4.79 Å².